The molecule has 1 aromatic carbocycles. The Morgan fingerprint density at radius 3 is 2.58 bits per heavy atom. The standard InChI is InChI=1S/C18H21N3O5/c1-5-14(24)20-15-16(18(25)19-6-2)21-26-17(15)11-7-10(9(3)4)12(22)8-13(11)23/h5,7-9,22-23H,1,6H2,2-4H3,(H,19,25)(H,20,24). The minimum Gasteiger partial charge on any atom is -0.508 e. The third-order valence-electron chi connectivity index (χ3n) is 3.69. The highest BCUT2D eigenvalue weighted by Crippen LogP contribution is 2.41. The van der Waals surface area contributed by atoms with Crippen LogP contribution in [0.5, 0.6) is 11.5 Å². The van der Waals surface area contributed by atoms with Crippen molar-refractivity contribution in [1.82, 2.24) is 10.5 Å². The summed E-state index contributed by atoms with van der Waals surface area (Å²) in [6.45, 7) is 9.22. The largest absolute Gasteiger partial charge is 0.508 e. The molecule has 0 unspecified atom stereocenters. The van der Waals surface area contributed by atoms with Crippen LogP contribution in [0.2, 0.25) is 0 Å². The van der Waals surface area contributed by atoms with Crippen LogP contribution in [0.3, 0.4) is 0 Å². The monoisotopic (exact) mass is 359 g/mol. The fourth-order valence-corrected chi connectivity index (χ4v) is 2.40. The van der Waals surface area contributed by atoms with Gasteiger partial charge in [0.1, 0.15) is 17.2 Å². The van der Waals surface area contributed by atoms with E-state index in [-0.39, 0.29) is 40.1 Å². The molecule has 0 saturated carbocycles. The van der Waals surface area contributed by atoms with Crippen LogP contribution in [-0.2, 0) is 4.79 Å². The molecule has 2 rings (SSSR count). The molecule has 0 saturated heterocycles. The molecular weight excluding hydrogens is 338 g/mol. The molecule has 4 N–H and O–H groups in total. The van der Waals surface area contributed by atoms with Crippen LogP contribution < -0.4 is 10.6 Å². The summed E-state index contributed by atoms with van der Waals surface area (Å²) in [4.78, 5) is 24.0. The Labute approximate surface area is 150 Å². The zero-order chi connectivity index (χ0) is 19.4. The first-order valence-corrected chi connectivity index (χ1v) is 8.07. The van der Waals surface area contributed by atoms with Crippen LogP contribution in [-0.4, -0.2) is 33.7 Å². The number of aromatic nitrogens is 1. The van der Waals surface area contributed by atoms with Crippen LogP contribution >= 0.6 is 0 Å². The number of aromatic hydroxyl groups is 2. The van der Waals surface area contributed by atoms with Crippen molar-refractivity contribution in [3.8, 4) is 22.8 Å². The Balaban J connectivity index is 2.66. The van der Waals surface area contributed by atoms with Crippen molar-refractivity contribution >= 4 is 17.5 Å². The smallest absolute Gasteiger partial charge is 0.275 e. The molecular formula is C18H21N3O5. The lowest BCUT2D eigenvalue weighted by atomic mass is 9.97. The normalized spacial score (nSPS) is 10.6. The number of rotatable bonds is 6. The second-order valence-corrected chi connectivity index (χ2v) is 5.87. The van der Waals surface area contributed by atoms with E-state index in [0.717, 1.165) is 6.08 Å². The van der Waals surface area contributed by atoms with Gasteiger partial charge in [-0.15, -0.1) is 0 Å². The minimum absolute atomic E-state index is 0.000790. The van der Waals surface area contributed by atoms with Gasteiger partial charge in [-0.25, -0.2) is 0 Å². The summed E-state index contributed by atoms with van der Waals surface area (Å²) in [5.41, 5.74) is 0.635. The summed E-state index contributed by atoms with van der Waals surface area (Å²) in [5, 5.41) is 29.0. The first-order valence-electron chi connectivity index (χ1n) is 8.07. The molecule has 0 aliphatic rings. The number of nitrogens with one attached hydrogen (secondary N) is 2. The van der Waals surface area contributed by atoms with Gasteiger partial charge in [-0.1, -0.05) is 25.6 Å². The molecule has 8 heteroatoms. The molecule has 8 nitrogen and oxygen atoms in total. The highest BCUT2D eigenvalue weighted by Gasteiger charge is 2.26. The highest BCUT2D eigenvalue weighted by atomic mass is 16.5. The number of nitrogens with zero attached hydrogens (tertiary/aromatic N) is 1. The number of hydrogen-bond donors (Lipinski definition) is 4. The Morgan fingerprint density at radius 2 is 2.00 bits per heavy atom. The number of carbonyl (C=O) groups is 2. The van der Waals surface area contributed by atoms with Gasteiger partial charge in [-0.3, -0.25) is 9.59 Å². The second-order valence-electron chi connectivity index (χ2n) is 5.87. The van der Waals surface area contributed by atoms with E-state index in [1.165, 1.54) is 12.1 Å². The SMILES string of the molecule is C=CC(=O)Nc1c(C(=O)NCC)noc1-c1cc(C(C)C)c(O)cc1O. The summed E-state index contributed by atoms with van der Waals surface area (Å²) < 4.78 is 5.25. The van der Waals surface area contributed by atoms with Crippen molar-refractivity contribution in [3.05, 3.63) is 36.0 Å². The number of phenols is 2. The van der Waals surface area contributed by atoms with Crippen molar-refractivity contribution in [3.63, 3.8) is 0 Å². The van der Waals surface area contributed by atoms with Gasteiger partial charge >= 0.3 is 0 Å². The molecule has 2 amide bonds. The Bertz CT molecular complexity index is 855. The van der Waals surface area contributed by atoms with Crippen molar-refractivity contribution < 1.29 is 24.3 Å². The number of carbonyl (C=O) groups excluding carboxylic acids is 2. The fourth-order valence-electron chi connectivity index (χ4n) is 2.40. The zero-order valence-electron chi connectivity index (χ0n) is 14.8. The van der Waals surface area contributed by atoms with E-state index in [2.05, 4.69) is 22.4 Å². The van der Waals surface area contributed by atoms with Crippen molar-refractivity contribution in [2.24, 2.45) is 0 Å². The molecule has 1 heterocycles. The lowest BCUT2D eigenvalue weighted by molar-refractivity contribution is -0.111. The quantitative estimate of drug-likeness (QED) is 0.588. The van der Waals surface area contributed by atoms with E-state index in [1.54, 1.807) is 6.92 Å². The number of anilines is 1. The third-order valence-corrected chi connectivity index (χ3v) is 3.69. The van der Waals surface area contributed by atoms with Gasteiger partial charge in [0.15, 0.2) is 11.5 Å². The summed E-state index contributed by atoms with van der Waals surface area (Å²) in [6, 6.07) is 2.71. The third kappa shape index (κ3) is 3.69. The first kappa shape index (κ1) is 19.0. The second kappa shape index (κ2) is 7.73. The lowest BCUT2D eigenvalue weighted by Crippen LogP contribution is -2.24. The summed E-state index contributed by atoms with van der Waals surface area (Å²) in [6.07, 6.45) is 1.04. The van der Waals surface area contributed by atoms with Crippen LogP contribution in [0.4, 0.5) is 5.69 Å². The summed E-state index contributed by atoms with van der Waals surface area (Å²) >= 11 is 0. The predicted octanol–water partition coefficient (Wildman–Crippen LogP) is 2.75. The number of benzene rings is 1. The van der Waals surface area contributed by atoms with E-state index >= 15 is 0 Å². The molecule has 0 aliphatic heterocycles. The van der Waals surface area contributed by atoms with E-state index in [0.29, 0.717) is 12.1 Å². The minimum atomic E-state index is -0.567. The molecule has 26 heavy (non-hydrogen) atoms. The number of amides is 2. The van der Waals surface area contributed by atoms with Crippen LogP contribution in [0, 0.1) is 0 Å². The van der Waals surface area contributed by atoms with Crippen molar-refractivity contribution in [2.75, 3.05) is 11.9 Å². The number of phenolic OH excluding ortho intramolecular Hbond substituents is 2. The molecule has 2 aromatic rings. The zero-order valence-corrected chi connectivity index (χ0v) is 14.8. The fraction of sp³-hybridized carbons (Fsp3) is 0.278. The van der Waals surface area contributed by atoms with E-state index < -0.39 is 11.8 Å². The molecule has 1 aromatic heterocycles. The maximum Gasteiger partial charge on any atom is 0.275 e. The van der Waals surface area contributed by atoms with E-state index in [9.17, 15) is 19.8 Å². The van der Waals surface area contributed by atoms with Crippen molar-refractivity contribution in [1.29, 1.82) is 0 Å². The van der Waals surface area contributed by atoms with Gasteiger partial charge in [0.05, 0.1) is 5.56 Å². The van der Waals surface area contributed by atoms with Crippen LogP contribution in [0.1, 0.15) is 42.7 Å². The van der Waals surface area contributed by atoms with Gasteiger partial charge in [0.25, 0.3) is 5.91 Å². The van der Waals surface area contributed by atoms with Crippen molar-refractivity contribution in [2.45, 2.75) is 26.7 Å². The van der Waals surface area contributed by atoms with Gasteiger partial charge in [-0.05, 0) is 30.5 Å². The average molecular weight is 359 g/mol. The molecule has 0 aliphatic carbocycles. The lowest BCUT2D eigenvalue weighted by Gasteiger charge is -2.12. The topological polar surface area (TPSA) is 125 Å². The summed E-state index contributed by atoms with van der Waals surface area (Å²) in [7, 11) is 0. The van der Waals surface area contributed by atoms with E-state index in [4.69, 9.17) is 4.52 Å². The Morgan fingerprint density at radius 1 is 1.31 bits per heavy atom. The van der Waals surface area contributed by atoms with Gasteiger partial charge in [-0.2, -0.15) is 0 Å². The van der Waals surface area contributed by atoms with Gasteiger partial charge < -0.3 is 25.4 Å². The van der Waals surface area contributed by atoms with Crippen LogP contribution in [0.15, 0.2) is 29.3 Å². The molecule has 0 radical (unpaired) electrons. The predicted molar refractivity (Wildman–Crippen MR) is 96.2 cm³/mol. The van der Waals surface area contributed by atoms with E-state index in [1.807, 2.05) is 13.8 Å². The molecule has 0 fully saturated rings. The van der Waals surface area contributed by atoms with Gasteiger partial charge in [0, 0.05) is 12.6 Å². The molecule has 138 valence electrons. The average Bonchev–Trinajstić information content (AvgIpc) is 2.98. The Kier molecular flexibility index (Phi) is 5.66. The molecule has 0 spiro atoms. The first-order chi connectivity index (χ1) is 12.3. The molecule has 0 atom stereocenters. The highest BCUT2D eigenvalue weighted by molar-refractivity contribution is 6.08. The van der Waals surface area contributed by atoms with Gasteiger partial charge in [0.2, 0.25) is 5.91 Å². The van der Waals surface area contributed by atoms with Crippen LogP contribution in [0.25, 0.3) is 11.3 Å². The Hall–Kier alpha value is -3.29. The molecule has 0 bridgehead atoms. The number of hydrogen-bond acceptors (Lipinski definition) is 6. The maximum absolute atomic E-state index is 12.2. The maximum atomic E-state index is 12.2. The summed E-state index contributed by atoms with van der Waals surface area (Å²) in [5.74, 6) is -1.49.